The van der Waals surface area contributed by atoms with Crippen LogP contribution in [0.1, 0.15) is 41.3 Å². The minimum Gasteiger partial charge on any atom is -0.317 e. The van der Waals surface area contributed by atoms with Crippen LogP contribution in [0.15, 0.2) is 53.3 Å². The third kappa shape index (κ3) is 3.92. The van der Waals surface area contributed by atoms with E-state index in [-0.39, 0.29) is 17.4 Å². The van der Waals surface area contributed by atoms with Crippen molar-refractivity contribution in [2.45, 2.75) is 38.8 Å². The molecule has 4 rings (SSSR count). The van der Waals surface area contributed by atoms with Gasteiger partial charge in [-0.2, -0.15) is 5.10 Å². The molecule has 0 amide bonds. The lowest BCUT2D eigenvalue weighted by molar-refractivity contribution is 0.430. The average molecular weight is 380 g/mol. The molecule has 1 aliphatic rings. The van der Waals surface area contributed by atoms with E-state index in [4.69, 9.17) is 5.10 Å². The Bertz CT molecular complexity index is 1000. The van der Waals surface area contributed by atoms with Gasteiger partial charge in [0.15, 0.2) is 0 Å². The molecule has 0 bridgehead atoms. The summed E-state index contributed by atoms with van der Waals surface area (Å²) in [6.07, 6.45) is 1.95. The molecule has 1 saturated heterocycles. The van der Waals surface area contributed by atoms with E-state index in [1.54, 1.807) is 19.1 Å². The normalized spacial score (nSPS) is 15.1. The molecule has 0 saturated carbocycles. The summed E-state index contributed by atoms with van der Waals surface area (Å²) in [5.41, 5.74) is 2.42. The molecule has 28 heavy (non-hydrogen) atoms. The van der Waals surface area contributed by atoms with Crippen molar-refractivity contribution in [1.29, 1.82) is 0 Å². The average Bonchev–Trinajstić information content (AvgIpc) is 3.02. The second kappa shape index (κ2) is 8.10. The number of rotatable bonds is 5. The van der Waals surface area contributed by atoms with E-state index in [9.17, 15) is 9.18 Å². The van der Waals surface area contributed by atoms with Gasteiger partial charge < -0.3 is 5.32 Å². The van der Waals surface area contributed by atoms with Gasteiger partial charge in [0.2, 0.25) is 0 Å². The minimum absolute atomic E-state index is 0.112. The lowest BCUT2D eigenvalue weighted by Gasteiger charge is -2.22. The summed E-state index contributed by atoms with van der Waals surface area (Å²) in [5.74, 6) is 0.893. The summed E-state index contributed by atoms with van der Waals surface area (Å²) < 4.78 is 16.9. The molecule has 5 nitrogen and oxygen atoms in total. The number of halogens is 1. The van der Waals surface area contributed by atoms with Gasteiger partial charge in [0.05, 0.1) is 13.1 Å². The number of nitrogens with zero attached hydrogens (tertiary/aromatic N) is 3. The molecule has 0 atom stereocenters. The van der Waals surface area contributed by atoms with E-state index < -0.39 is 0 Å². The highest BCUT2D eigenvalue weighted by Crippen LogP contribution is 2.23. The van der Waals surface area contributed by atoms with Gasteiger partial charge in [-0.05, 0) is 55.6 Å². The SMILES string of the molecule is Cc1cc(Cn2nc(C3CCNCC3)n(Cc3ccccc3)c2=O)ccc1F. The lowest BCUT2D eigenvalue weighted by Crippen LogP contribution is -2.30. The summed E-state index contributed by atoms with van der Waals surface area (Å²) >= 11 is 0. The van der Waals surface area contributed by atoms with E-state index in [1.165, 1.54) is 10.7 Å². The van der Waals surface area contributed by atoms with Crippen LogP contribution in [0.3, 0.4) is 0 Å². The highest BCUT2D eigenvalue weighted by atomic mass is 19.1. The fourth-order valence-corrected chi connectivity index (χ4v) is 3.84. The fourth-order valence-electron chi connectivity index (χ4n) is 3.84. The first-order valence-electron chi connectivity index (χ1n) is 9.79. The Morgan fingerprint density at radius 2 is 1.82 bits per heavy atom. The summed E-state index contributed by atoms with van der Waals surface area (Å²) in [4.78, 5) is 13.2. The van der Waals surface area contributed by atoms with Crippen molar-refractivity contribution in [2.75, 3.05) is 13.1 Å². The van der Waals surface area contributed by atoms with Crippen molar-refractivity contribution in [2.24, 2.45) is 0 Å². The highest BCUT2D eigenvalue weighted by Gasteiger charge is 2.24. The number of nitrogens with one attached hydrogen (secondary N) is 1. The van der Waals surface area contributed by atoms with Crippen LogP contribution in [0.2, 0.25) is 0 Å². The maximum atomic E-state index is 13.6. The monoisotopic (exact) mass is 380 g/mol. The predicted molar refractivity (Wildman–Crippen MR) is 107 cm³/mol. The second-order valence-corrected chi connectivity index (χ2v) is 7.48. The van der Waals surface area contributed by atoms with E-state index in [2.05, 4.69) is 5.32 Å². The standard InChI is InChI=1S/C22H25FN4O/c1-16-13-18(7-8-20(16)23)15-27-22(28)26(14-17-5-3-2-4-6-17)21(25-27)19-9-11-24-12-10-19/h2-8,13,19,24H,9-12,14-15H2,1H3. The molecular weight excluding hydrogens is 355 g/mol. The van der Waals surface area contributed by atoms with Crippen LogP contribution in [0, 0.1) is 12.7 Å². The summed E-state index contributed by atoms with van der Waals surface area (Å²) in [6, 6.07) is 14.9. The number of benzene rings is 2. The van der Waals surface area contributed by atoms with Crippen LogP contribution in [-0.4, -0.2) is 27.4 Å². The predicted octanol–water partition coefficient (Wildman–Crippen LogP) is 3.06. The number of piperidine rings is 1. The van der Waals surface area contributed by atoms with Gasteiger partial charge in [-0.15, -0.1) is 0 Å². The number of hydrogen-bond acceptors (Lipinski definition) is 3. The molecule has 146 valence electrons. The van der Waals surface area contributed by atoms with Crippen LogP contribution in [-0.2, 0) is 13.1 Å². The maximum absolute atomic E-state index is 13.6. The zero-order chi connectivity index (χ0) is 19.5. The first-order chi connectivity index (χ1) is 13.6. The molecule has 1 fully saturated rings. The van der Waals surface area contributed by atoms with E-state index in [0.29, 0.717) is 18.7 Å². The van der Waals surface area contributed by atoms with Crippen molar-refractivity contribution < 1.29 is 4.39 Å². The molecule has 6 heteroatoms. The number of aryl methyl sites for hydroxylation is 1. The second-order valence-electron chi connectivity index (χ2n) is 7.48. The highest BCUT2D eigenvalue weighted by molar-refractivity contribution is 5.24. The molecule has 2 heterocycles. The Morgan fingerprint density at radius 3 is 2.54 bits per heavy atom. The third-order valence-corrected chi connectivity index (χ3v) is 5.39. The van der Waals surface area contributed by atoms with Crippen molar-refractivity contribution in [3.63, 3.8) is 0 Å². The summed E-state index contributed by atoms with van der Waals surface area (Å²) in [5, 5.41) is 8.09. The van der Waals surface area contributed by atoms with Gasteiger partial charge in [-0.3, -0.25) is 4.57 Å². The Morgan fingerprint density at radius 1 is 1.07 bits per heavy atom. The molecule has 2 aromatic carbocycles. The zero-order valence-electron chi connectivity index (χ0n) is 16.1. The van der Waals surface area contributed by atoms with Crippen LogP contribution in [0.5, 0.6) is 0 Å². The van der Waals surface area contributed by atoms with Crippen LogP contribution in [0.25, 0.3) is 0 Å². The number of hydrogen-bond donors (Lipinski definition) is 1. The molecule has 0 spiro atoms. The molecule has 0 radical (unpaired) electrons. The van der Waals surface area contributed by atoms with Gasteiger partial charge in [0.25, 0.3) is 0 Å². The van der Waals surface area contributed by atoms with Gasteiger partial charge >= 0.3 is 5.69 Å². The quantitative estimate of drug-likeness (QED) is 0.740. The summed E-state index contributed by atoms with van der Waals surface area (Å²) in [7, 11) is 0. The zero-order valence-corrected chi connectivity index (χ0v) is 16.1. The Hall–Kier alpha value is -2.73. The molecule has 1 N–H and O–H groups in total. The molecule has 1 aliphatic heterocycles. The van der Waals surface area contributed by atoms with Crippen molar-refractivity contribution in [3.8, 4) is 0 Å². The minimum atomic E-state index is -0.235. The molecule has 0 unspecified atom stereocenters. The molecular formula is C22H25FN4O. The first kappa shape index (κ1) is 18.6. The van der Waals surface area contributed by atoms with Gasteiger partial charge in [0.1, 0.15) is 11.6 Å². The lowest BCUT2D eigenvalue weighted by atomic mass is 9.97. The van der Waals surface area contributed by atoms with Gasteiger partial charge in [0, 0.05) is 5.92 Å². The van der Waals surface area contributed by atoms with Crippen LogP contribution in [0.4, 0.5) is 4.39 Å². The van der Waals surface area contributed by atoms with E-state index in [0.717, 1.165) is 42.9 Å². The van der Waals surface area contributed by atoms with E-state index in [1.807, 2.05) is 34.9 Å². The smallest absolute Gasteiger partial charge is 0.317 e. The Labute approximate surface area is 163 Å². The van der Waals surface area contributed by atoms with Gasteiger partial charge in [-0.1, -0.05) is 42.5 Å². The van der Waals surface area contributed by atoms with Crippen molar-refractivity contribution in [3.05, 3.63) is 87.3 Å². The molecule has 1 aromatic heterocycles. The molecule has 0 aliphatic carbocycles. The first-order valence-corrected chi connectivity index (χ1v) is 9.79. The summed E-state index contributed by atoms with van der Waals surface area (Å²) in [6.45, 7) is 4.47. The van der Waals surface area contributed by atoms with Gasteiger partial charge in [-0.25, -0.2) is 13.9 Å². The number of aromatic nitrogens is 3. The Balaban J connectivity index is 1.70. The fraction of sp³-hybridized carbons (Fsp3) is 0.364. The van der Waals surface area contributed by atoms with Crippen LogP contribution >= 0.6 is 0 Å². The Kier molecular flexibility index (Phi) is 5.39. The molecule has 3 aromatic rings. The maximum Gasteiger partial charge on any atom is 0.346 e. The third-order valence-electron chi connectivity index (χ3n) is 5.39. The largest absolute Gasteiger partial charge is 0.346 e. The van der Waals surface area contributed by atoms with Crippen molar-refractivity contribution >= 4 is 0 Å². The van der Waals surface area contributed by atoms with E-state index >= 15 is 0 Å². The van der Waals surface area contributed by atoms with Crippen molar-refractivity contribution in [1.82, 2.24) is 19.7 Å². The topological polar surface area (TPSA) is 51.9 Å². The van der Waals surface area contributed by atoms with Crippen LogP contribution < -0.4 is 11.0 Å².